The van der Waals surface area contributed by atoms with E-state index >= 15 is 0 Å². The molecule has 1 heterocycles. The minimum atomic E-state index is -0.683. The summed E-state index contributed by atoms with van der Waals surface area (Å²) in [6.07, 6.45) is 1.92. The largest absolute Gasteiger partial charge is 0.497 e. The van der Waals surface area contributed by atoms with Crippen LogP contribution in [0.1, 0.15) is 29.6 Å². The number of benzene rings is 1. The summed E-state index contributed by atoms with van der Waals surface area (Å²) < 4.78 is 15.1. The number of rotatable bonds is 11. The van der Waals surface area contributed by atoms with Crippen LogP contribution in [0.2, 0.25) is 0 Å². The molecule has 1 aromatic rings. The Morgan fingerprint density at radius 2 is 1.74 bits per heavy atom. The number of hydrogen-bond acceptors (Lipinski definition) is 6. The maximum absolute atomic E-state index is 12.9. The molecule has 0 bridgehead atoms. The molecule has 3 amide bonds. The van der Waals surface area contributed by atoms with Gasteiger partial charge in [-0.15, -0.1) is 0 Å². The van der Waals surface area contributed by atoms with E-state index in [2.05, 4.69) is 10.6 Å². The molecule has 31 heavy (non-hydrogen) atoms. The van der Waals surface area contributed by atoms with Crippen LogP contribution in [0.4, 0.5) is 0 Å². The van der Waals surface area contributed by atoms with Crippen molar-refractivity contribution < 1.29 is 28.6 Å². The van der Waals surface area contributed by atoms with Gasteiger partial charge in [-0.3, -0.25) is 14.4 Å². The van der Waals surface area contributed by atoms with E-state index in [-0.39, 0.29) is 30.2 Å². The predicted octanol–water partition coefficient (Wildman–Crippen LogP) is 0.831. The Kier molecular flexibility index (Phi) is 10.3. The van der Waals surface area contributed by atoms with Crippen molar-refractivity contribution in [1.29, 1.82) is 0 Å². The molecule has 1 atom stereocenters. The van der Waals surface area contributed by atoms with Gasteiger partial charge in [0.25, 0.3) is 5.91 Å². The number of likely N-dealkylation sites (tertiary alicyclic amines) is 1. The van der Waals surface area contributed by atoms with Gasteiger partial charge in [0.1, 0.15) is 18.4 Å². The first-order valence-corrected chi connectivity index (χ1v) is 10.5. The van der Waals surface area contributed by atoms with Crippen LogP contribution in [0.3, 0.4) is 0 Å². The number of ether oxygens (including phenoxy) is 3. The SMILES string of the molecule is COCCCNC(=O)C(NC(=O)c1ccc(OC)cc1)C1CCN(C(=O)COC)CC1. The van der Waals surface area contributed by atoms with Gasteiger partial charge in [0, 0.05) is 46.0 Å². The fourth-order valence-electron chi connectivity index (χ4n) is 3.60. The molecule has 2 N–H and O–H groups in total. The Labute approximate surface area is 183 Å². The molecule has 172 valence electrons. The van der Waals surface area contributed by atoms with Gasteiger partial charge in [-0.1, -0.05) is 0 Å². The Hall–Kier alpha value is -2.65. The number of amides is 3. The molecule has 9 heteroatoms. The zero-order valence-corrected chi connectivity index (χ0v) is 18.5. The third-order valence-corrected chi connectivity index (χ3v) is 5.38. The highest BCUT2D eigenvalue weighted by Gasteiger charge is 2.33. The van der Waals surface area contributed by atoms with Crippen molar-refractivity contribution in [2.45, 2.75) is 25.3 Å². The number of carbonyl (C=O) groups excluding carboxylic acids is 3. The predicted molar refractivity (Wildman–Crippen MR) is 115 cm³/mol. The lowest BCUT2D eigenvalue weighted by molar-refractivity contribution is -0.136. The van der Waals surface area contributed by atoms with Gasteiger partial charge in [0.2, 0.25) is 11.8 Å². The zero-order chi connectivity index (χ0) is 22.6. The normalized spacial score (nSPS) is 15.3. The zero-order valence-electron chi connectivity index (χ0n) is 18.5. The summed E-state index contributed by atoms with van der Waals surface area (Å²) >= 11 is 0. The fraction of sp³-hybridized carbons (Fsp3) is 0.591. The summed E-state index contributed by atoms with van der Waals surface area (Å²) in [5.41, 5.74) is 0.450. The van der Waals surface area contributed by atoms with E-state index < -0.39 is 6.04 Å². The van der Waals surface area contributed by atoms with Crippen LogP contribution in [0.25, 0.3) is 0 Å². The van der Waals surface area contributed by atoms with Crippen molar-refractivity contribution in [3.05, 3.63) is 29.8 Å². The molecule has 0 aromatic heterocycles. The van der Waals surface area contributed by atoms with Gasteiger partial charge in [0.05, 0.1) is 7.11 Å². The van der Waals surface area contributed by atoms with Crippen LogP contribution in [0.15, 0.2) is 24.3 Å². The van der Waals surface area contributed by atoms with E-state index in [0.29, 0.717) is 56.8 Å². The summed E-state index contributed by atoms with van der Waals surface area (Å²) in [7, 11) is 4.66. The van der Waals surface area contributed by atoms with Crippen LogP contribution in [0.5, 0.6) is 5.75 Å². The Morgan fingerprint density at radius 3 is 2.32 bits per heavy atom. The molecule has 1 aromatic carbocycles. The lowest BCUT2D eigenvalue weighted by Crippen LogP contribution is -2.54. The van der Waals surface area contributed by atoms with Crippen molar-refractivity contribution in [2.24, 2.45) is 5.92 Å². The number of hydrogen-bond donors (Lipinski definition) is 2. The van der Waals surface area contributed by atoms with Crippen LogP contribution < -0.4 is 15.4 Å². The summed E-state index contributed by atoms with van der Waals surface area (Å²) in [5.74, 6) is -0.0331. The van der Waals surface area contributed by atoms with Gasteiger partial charge in [0.15, 0.2) is 0 Å². The third kappa shape index (κ3) is 7.52. The van der Waals surface area contributed by atoms with Crippen LogP contribution in [0, 0.1) is 5.92 Å². The first kappa shape index (κ1) is 24.6. The van der Waals surface area contributed by atoms with E-state index in [1.807, 2.05) is 0 Å². The Bertz CT molecular complexity index is 716. The number of nitrogens with one attached hydrogen (secondary N) is 2. The van der Waals surface area contributed by atoms with Gasteiger partial charge < -0.3 is 29.7 Å². The summed E-state index contributed by atoms with van der Waals surface area (Å²) in [6, 6.07) is 6.04. The summed E-state index contributed by atoms with van der Waals surface area (Å²) in [5, 5.41) is 5.79. The summed E-state index contributed by atoms with van der Waals surface area (Å²) in [4.78, 5) is 39.5. The van der Waals surface area contributed by atoms with Gasteiger partial charge in [-0.2, -0.15) is 0 Å². The van der Waals surface area contributed by atoms with E-state index in [4.69, 9.17) is 14.2 Å². The van der Waals surface area contributed by atoms with E-state index in [1.54, 1.807) is 43.4 Å². The van der Waals surface area contributed by atoms with Crippen molar-refractivity contribution >= 4 is 17.7 Å². The minimum absolute atomic E-state index is 0.0439. The van der Waals surface area contributed by atoms with Crippen LogP contribution >= 0.6 is 0 Å². The van der Waals surface area contributed by atoms with Crippen molar-refractivity contribution in [2.75, 3.05) is 54.2 Å². The standard InChI is InChI=1S/C22H33N3O6/c1-29-14-4-11-23-22(28)20(16-9-12-25(13-10-16)19(26)15-30-2)24-21(27)17-5-7-18(31-3)8-6-17/h5-8,16,20H,4,9-15H2,1-3H3,(H,23,28)(H,24,27). The molecule has 1 aliphatic heterocycles. The fourth-order valence-corrected chi connectivity index (χ4v) is 3.60. The van der Waals surface area contributed by atoms with Gasteiger partial charge >= 0.3 is 0 Å². The number of piperidine rings is 1. The molecular weight excluding hydrogens is 402 g/mol. The van der Waals surface area contributed by atoms with Crippen LogP contribution in [-0.4, -0.2) is 82.8 Å². The molecular formula is C22H33N3O6. The van der Waals surface area contributed by atoms with Gasteiger partial charge in [-0.05, 0) is 49.4 Å². The highest BCUT2D eigenvalue weighted by atomic mass is 16.5. The molecule has 0 saturated carbocycles. The topological polar surface area (TPSA) is 106 Å². The smallest absolute Gasteiger partial charge is 0.251 e. The van der Waals surface area contributed by atoms with Crippen molar-refractivity contribution in [1.82, 2.24) is 15.5 Å². The molecule has 1 unspecified atom stereocenters. The molecule has 2 rings (SSSR count). The lowest BCUT2D eigenvalue weighted by atomic mass is 9.88. The van der Waals surface area contributed by atoms with E-state index in [0.717, 1.165) is 0 Å². The monoisotopic (exact) mass is 435 g/mol. The lowest BCUT2D eigenvalue weighted by Gasteiger charge is -2.35. The molecule has 0 radical (unpaired) electrons. The second kappa shape index (κ2) is 12.9. The van der Waals surface area contributed by atoms with E-state index in [9.17, 15) is 14.4 Å². The third-order valence-electron chi connectivity index (χ3n) is 5.38. The highest BCUT2D eigenvalue weighted by molar-refractivity contribution is 5.97. The van der Waals surface area contributed by atoms with Crippen molar-refractivity contribution in [3.63, 3.8) is 0 Å². The summed E-state index contributed by atoms with van der Waals surface area (Å²) in [6.45, 7) is 2.11. The molecule has 1 saturated heterocycles. The molecule has 1 fully saturated rings. The number of methoxy groups -OCH3 is 3. The number of carbonyl (C=O) groups is 3. The van der Waals surface area contributed by atoms with Gasteiger partial charge in [-0.25, -0.2) is 0 Å². The van der Waals surface area contributed by atoms with Crippen LogP contribution in [-0.2, 0) is 19.1 Å². The first-order valence-electron chi connectivity index (χ1n) is 10.5. The maximum atomic E-state index is 12.9. The molecule has 0 spiro atoms. The molecule has 0 aliphatic carbocycles. The minimum Gasteiger partial charge on any atom is -0.497 e. The number of nitrogens with zero attached hydrogens (tertiary/aromatic N) is 1. The molecule has 9 nitrogen and oxygen atoms in total. The van der Waals surface area contributed by atoms with E-state index in [1.165, 1.54) is 7.11 Å². The highest BCUT2D eigenvalue weighted by Crippen LogP contribution is 2.22. The van der Waals surface area contributed by atoms with Crippen molar-refractivity contribution in [3.8, 4) is 5.75 Å². The Morgan fingerprint density at radius 1 is 1.06 bits per heavy atom. The average molecular weight is 436 g/mol. The maximum Gasteiger partial charge on any atom is 0.251 e. The Balaban J connectivity index is 2.04. The quantitative estimate of drug-likeness (QED) is 0.499. The average Bonchev–Trinajstić information content (AvgIpc) is 2.80. The second-order valence-corrected chi connectivity index (χ2v) is 7.47. The second-order valence-electron chi connectivity index (χ2n) is 7.47. The molecule has 1 aliphatic rings. The first-order chi connectivity index (χ1) is 15.0.